The van der Waals surface area contributed by atoms with Crippen molar-refractivity contribution in [1.82, 2.24) is 0 Å². The third kappa shape index (κ3) is 8.23. The Hall–Kier alpha value is -4.58. The fourth-order valence-electron chi connectivity index (χ4n) is 3.43. The summed E-state index contributed by atoms with van der Waals surface area (Å²) in [6.45, 7) is 4.11. The molecular formula is C32H34N2O4. The summed E-state index contributed by atoms with van der Waals surface area (Å²) >= 11 is 0. The summed E-state index contributed by atoms with van der Waals surface area (Å²) in [6, 6.07) is 27.6. The minimum atomic E-state index is 0.704. The average molecular weight is 511 g/mol. The van der Waals surface area contributed by atoms with Crippen LogP contribution in [0.1, 0.15) is 22.3 Å². The number of hydrogen-bond acceptors (Lipinski definition) is 6. The normalized spacial score (nSPS) is 10.7. The molecule has 196 valence electrons. The number of aryl methyl sites for hydroxylation is 2. The predicted molar refractivity (Wildman–Crippen MR) is 156 cm³/mol. The van der Waals surface area contributed by atoms with Gasteiger partial charge >= 0.3 is 0 Å². The van der Waals surface area contributed by atoms with Crippen LogP contribution in [0, 0.1) is 13.8 Å². The zero-order valence-electron chi connectivity index (χ0n) is 22.8. The van der Waals surface area contributed by atoms with Gasteiger partial charge in [-0.05, 0) is 85.6 Å². The molecule has 0 aliphatic rings. The molecule has 0 radical (unpaired) electrons. The number of benzene rings is 4. The van der Waals surface area contributed by atoms with E-state index >= 15 is 0 Å². The monoisotopic (exact) mass is 510 g/mol. The Morgan fingerprint density at radius 1 is 0.447 bits per heavy atom. The van der Waals surface area contributed by atoms with Crippen molar-refractivity contribution in [2.45, 2.75) is 13.8 Å². The van der Waals surface area contributed by atoms with Gasteiger partial charge in [-0.25, -0.2) is 0 Å². The quantitative estimate of drug-likeness (QED) is 0.230. The van der Waals surface area contributed by atoms with Crippen LogP contribution in [-0.2, 0) is 0 Å². The van der Waals surface area contributed by atoms with Gasteiger partial charge in [-0.1, -0.05) is 35.4 Å². The van der Waals surface area contributed by atoms with Crippen LogP contribution in [0.3, 0.4) is 0 Å². The van der Waals surface area contributed by atoms with Crippen molar-refractivity contribution in [2.75, 3.05) is 28.4 Å². The first kappa shape index (κ1) is 28.0. The second-order valence-corrected chi connectivity index (χ2v) is 8.42. The lowest BCUT2D eigenvalue weighted by molar-refractivity contribution is 0.355. The second-order valence-electron chi connectivity index (χ2n) is 8.42. The molecule has 0 N–H and O–H groups in total. The molecule has 38 heavy (non-hydrogen) atoms. The second kappa shape index (κ2) is 14.2. The molecule has 0 spiro atoms. The molecule has 4 rings (SSSR count). The highest BCUT2D eigenvalue weighted by molar-refractivity contribution is 5.83. The van der Waals surface area contributed by atoms with E-state index in [2.05, 4.69) is 23.8 Å². The van der Waals surface area contributed by atoms with Crippen LogP contribution in [-0.4, -0.2) is 40.9 Å². The van der Waals surface area contributed by atoms with Crippen LogP contribution in [0.4, 0.5) is 11.4 Å². The SMILES string of the molecule is COc1ccc(C=Nc2ccc(C)cc2)cc1OC.COc1ccc(C=Nc2ccc(C)cc2)cc1OC. The van der Waals surface area contributed by atoms with Crippen molar-refractivity contribution in [1.29, 1.82) is 0 Å². The highest BCUT2D eigenvalue weighted by atomic mass is 16.5. The molecule has 4 aromatic carbocycles. The minimum absolute atomic E-state index is 0.704. The van der Waals surface area contributed by atoms with E-state index in [1.54, 1.807) is 28.4 Å². The molecule has 0 fully saturated rings. The summed E-state index contributed by atoms with van der Waals surface area (Å²) < 4.78 is 20.9. The molecule has 6 nitrogen and oxygen atoms in total. The van der Waals surface area contributed by atoms with Crippen LogP contribution in [0.5, 0.6) is 23.0 Å². The lowest BCUT2D eigenvalue weighted by Gasteiger charge is -2.07. The molecule has 0 heterocycles. The molecule has 0 bridgehead atoms. The molecule has 0 aliphatic carbocycles. The van der Waals surface area contributed by atoms with Crippen LogP contribution < -0.4 is 18.9 Å². The standard InChI is InChI=1S/2C16H17NO2/c2*1-12-4-7-14(8-5-12)17-11-13-6-9-15(18-2)16(10-13)19-3/h2*4-11H,1-3H3. The maximum absolute atomic E-state index is 5.26. The Morgan fingerprint density at radius 2 is 0.789 bits per heavy atom. The molecular weight excluding hydrogens is 476 g/mol. The van der Waals surface area contributed by atoms with E-state index in [-0.39, 0.29) is 0 Å². The Kier molecular flexibility index (Phi) is 10.5. The van der Waals surface area contributed by atoms with Crippen molar-refractivity contribution in [3.05, 3.63) is 107 Å². The van der Waals surface area contributed by atoms with Crippen LogP contribution in [0.2, 0.25) is 0 Å². The van der Waals surface area contributed by atoms with E-state index in [1.807, 2.05) is 97.4 Å². The number of methoxy groups -OCH3 is 4. The van der Waals surface area contributed by atoms with Gasteiger partial charge < -0.3 is 18.9 Å². The summed E-state index contributed by atoms with van der Waals surface area (Å²) in [7, 11) is 6.49. The first-order valence-corrected chi connectivity index (χ1v) is 12.1. The van der Waals surface area contributed by atoms with Gasteiger partial charge in [0.2, 0.25) is 0 Å². The highest BCUT2D eigenvalue weighted by Crippen LogP contribution is 2.28. The van der Waals surface area contributed by atoms with Gasteiger partial charge in [0.15, 0.2) is 23.0 Å². The molecule has 0 saturated heterocycles. The largest absolute Gasteiger partial charge is 0.493 e. The van der Waals surface area contributed by atoms with E-state index in [4.69, 9.17) is 18.9 Å². The Labute approximate surface area is 225 Å². The lowest BCUT2D eigenvalue weighted by Crippen LogP contribution is -1.91. The summed E-state index contributed by atoms with van der Waals surface area (Å²) in [4.78, 5) is 8.85. The highest BCUT2D eigenvalue weighted by Gasteiger charge is 2.04. The first-order valence-electron chi connectivity index (χ1n) is 12.1. The Bertz CT molecular complexity index is 1250. The van der Waals surface area contributed by atoms with Crippen molar-refractivity contribution in [3.63, 3.8) is 0 Å². The molecule has 4 aromatic rings. The fraction of sp³-hybridized carbons (Fsp3) is 0.188. The number of aliphatic imine (C=N–C) groups is 2. The van der Waals surface area contributed by atoms with E-state index in [9.17, 15) is 0 Å². The van der Waals surface area contributed by atoms with Crippen molar-refractivity contribution >= 4 is 23.8 Å². The summed E-state index contributed by atoms with van der Waals surface area (Å²) in [5, 5.41) is 0. The van der Waals surface area contributed by atoms with Crippen LogP contribution >= 0.6 is 0 Å². The van der Waals surface area contributed by atoms with Gasteiger partial charge in [-0.3, -0.25) is 9.98 Å². The van der Waals surface area contributed by atoms with Crippen molar-refractivity contribution in [3.8, 4) is 23.0 Å². The molecule has 0 amide bonds. The molecule has 0 saturated carbocycles. The van der Waals surface area contributed by atoms with Gasteiger partial charge in [-0.15, -0.1) is 0 Å². The summed E-state index contributed by atoms with van der Waals surface area (Å²) in [5.41, 5.74) is 6.26. The molecule has 6 heteroatoms. The molecule has 0 atom stereocenters. The Balaban J connectivity index is 0.000000211. The zero-order valence-corrected chi connectivity index (χ0v) is 22.8. The van der Waals surface area contributed by atoms with E-state index in [1.165, 1.54) is 11.1 Å². The predicted octanol–water partition coefficient (Wildman–Crippen LogP) is 7.53. The number of ether oxygens (including phenoxy) is 4. The van der Waals surface area contributed by atoms with Crippen LogP contribution in [0.15, 0.2) is 94.9 Å². The van der Waals surface area contributed by atoms with E-state index in [0.29, 0.717) is 11.5 Å². The molecule has 0 aromatic heterocycles. The molecule has 0 aliphatic heterocycles. The van der Waals surface area contributed by atoms with Crippen molar-refractivity contribution < 1.29 is 18.9 Å². The third-order valence-electron chi connectivity index (χ3n) is 5.61. The van der Waals surface area contributed by atoms with Gasteiger partial charge in [0.05, 0.1) is 39.8 Å². The topological polar surface area (TPSA) is 61.6 Å². The maximum Gasteiger partial charge on any atom is 0.161 e. The lowest BCUT2D eigenvalue weighted by atomic mass is 10.2. The average Bonchev–Trinajstić information content (AvgIpc) is 2.96. The van der Waals surface area contributed by atoms with Gasteiger partial charge in [0, 0.05) is 12.4 Å². The van der Waals surface area contributed by atoms with Gasteiger partial charge in [-0.2, -0.15) is 0 Å². The van der Waals surface area contributed by atoms with Gasteiger partial charge in [0.25, 0.3) is 0 Å². The zero-order chi connectivity index (χ0) is 27.3. The van der Waals surface area contributed by atoms with Crippen LogP contribution in [0.25, 0.3) is 0 Å². The number of rotatable bonds is 8. The number of hydrogen-bond donors (Lipinski definition) is 0. The summed E-state index contributed by atoms with van der Waals surface area (Å²) in [6.07, 6.45) is 3.62. The van der Waals surface area contributed by atoms with Crippen molar-refractivity contribution in [2.24, 2.45) is 9.98 Å². The maximum atomic E-state index is 5.26. The summed E-state index contributed by atoms with van der Waals surface area (Å²) in [5.74, 6) is 2.84. The minimum Gasteiger partial charge on any atom is -0.493 e. The van der Waals surface area contributed by atoms with Gasteiger partial charge in [0.1, 0.15) is 0 Å². The number of nitrogens with zero attached hydrogens (tertiary/aromatic N) is 2. The smallest absolute Gasteiger partial charge is 0.161 e. The van der Waals surface area contributed by atoms with E-state index < -0.39 is 0 Å². The third-order valence-corrected chi connectivity index (χ3v) is 5.61. The fourth-order valence-corrected chi connectivity index (χ4v) is 3.43. The Morgan fingerprint density at radius 3 is 1.11 bits per heavy atom. The first-order chi connectivity index (χ1) is 18.4. The molecule has 0 unspecified atom stereocenters. The van der Waals surface area contributed by atoms with E-state index in [0.717, 1.165) is 34.0 Å².